The van der Waals surface area contributed by atoms with Crippen LogP contribution in [0.25, 0.3) is 0 Å². The third-order valence-corrected chi connectivity index (χ3v) is 9.27. The molecule has 1 saturated heterocycles. The quantitative estimate of drug-likeness (QED) is 0.460. The molecule has 0 radical (unpaired) electrons. The highest BCUT2D eigenvalue weighted by molar-refractivity contribution is 7.77. The zero-order valence-corrected chi connectivity index (χ0v) is 13.9. The van der Waals surface area contributed by atoms with Gasteiger partial charge >= 0.3 is 5.97 Å². The molecular formula is C16H31O2P. The third-order valence-electron chi connectivity index (χ3n) is 4.20. The van der Waals surface area contributed by atoms with Crippen LogP contribution in [-0.4, -0.2) is 36.4 Å². The molecule has 1 aliphatic heterocycles. The molecule has 0 aliphatic carbocycles. The van der Waals surface area contributed by atoms with Gasteiger partial charge in [0.15, 0.2) is 0 Å². The van der Waals surface area contributed by atoms with E-state index >= 15 is 0 Å². The van der Waals surface area contributed by atoms with E-state index in [0.717, 1.165) is 6.42 Å². The Balaban J connectivity index is 3.04. The van der Waals surface area contributed by atoms with Gasteiger partial charge in [-0.05, 0) is 37.7 Å². The Labute approximate surface area is 119 Å². The van der Waals surface area contributed by atoms with Gasteiger partial charge in [0.1, 0.15) is 0 Å². The van der Waals surface area contributed by atoms with Gasteiger partial charge in [0, 0.05) is 11.7 Å². The van der Waals surface area contributed by atoms with Gasteiger partial charge in [-0.2, -0.15) is 0 Å². The van der Waals surface area contributed by atoms with E-state index in [-0.39, 0.29) is 5.97 Å². The van der Waals surface area contributed by atoms with Crippen LogP contribution in [0.4, 0.5) is 0 Å². The van der Waals surface area contributed by atoms with Crippen LogP contribution in [-0.2, 0) is 9.53 Å². The normalized spacial score (nSPS) is 15.9. The van der Waals surface area contributed by atoms with Crippen LogP contribution in [0.15, 0.2) is 0 Å². The molecule has 1 fully saturated rings. The van der Waals surface area contributed by atoms with Crippen molar-refractivity contribution in [3.63, 3.8) is 0 Å². The number of ether oxygens (including phenoxy) is 1. The lowest BCUT2D eigenvalue weighted by Crippen LogP contribution is -2.16. The molecule has 0 N–H and O–H groups in total. The van der Waals surface area contributed by atoms with E-state index in [1.165, 1.54) is 62.3 Å². The summed E-state index contributed by atoms with van der Waals surface area (Å²) >= 11 is 0. The van der Waals surface area contributed by atoms with E-state index in [1.807, 2.05) is 0 Å². The predicted octanol–water partition coefficient (Wildman–Crippen LogP) is 4.52. The number of carbonyl (C=O) groups is 1. The maximum atomic E-state index is 12.1. The van der Waals surface area contributed by atoms with Gasteiger partial charge in [-0.25, -0.2) is 4.79 Å². The predicted molar refractivity (Wildman–Crippen MR) is 86.8 cm³/mol. The Bertz CT molecular complexity index is 305. The molecule has 0 aromatic heterocycles. The molecule has 0 amide bonds. The second kappa shape index (κ2) is 8.84. The van der Waals surface area contributed by atoms with Crippen molar-refractivity contribution in [2.75, 3.05) is 25.1 Å². The lowest BCUT2D eigenvalue weighted by Gasteiger charge is -2.28. The first-order valence-electron chi connectivity index (χ1n) is 8.09. The first-order chi connectivity index (χ1) is 9.20. The van der Waals surface area contributed by atoms with Gasteiger partial charge in [0.05, 0.1) is 6.61 Å². The number of carbonyl (C=O) groups excluding carboxylic acids is 1. The molecule has 0 atom stereocenters. The van der Waals surface area contributed by atoms with E-state index in [0.29, 0.717) is 6.61 Å². The summed E-state index contributed by atoms with van der Waals surface area (Å²) < 4.78 is 5.26. The van der Waals surface area contributed by atoms with Gasteiger partial charge in [-0.1, -0.05) is 46.9 Å². The van der Waals surface area contributed by atoms with Crippen molar-refractivity contribution >= 4 is 18.1 Å². The maximum absolute atomic E-state index is 12.1. The lowest BCUT2D eigenvalue weighted by atomic mass is 10.4. The van der Waals surface area contributed by atoms with E-state index in [9.17, 15) is 4.79 Å². The molecule has 112 valence electrons. The smallest absolute Gasteiger partial charge is 0.334 e. The van der Waals surface area contributed by atoms with Crippen molar-refractivity contribution in [1.82, 2.24) is 0 Å². The number of esters is 1. The molecule has 0 aromatic rings. The molecule has 1 heterocycles. The number of unbranched alkanes of at least 4 members (excludes halogenated alkanes) is 3. The highest BCUT2D eigenvalue weighted by Crippen LogP contribution is 2.53. The number of hydrogen-bond donors (Lipinski definition) is 0. The van der Waals surface area contributed by atoms with Crippen LogP contribution in [0, 0.1) is 0 Å². The van der Waals surface area contributed by atoms with Crippen LogP contribution in [0.3, 0.4) is 0 Å². The van der Waals surface area contributed by atoms with Crippen molar-refractivity contribution in [3.05, 3.63) is 0 Å². The molecule has 0 unspecified atom stereocenters. The Morgan fingerprint density at radius 2 is 1.42 bits per heavy atom. The molecule has 19 heavy (non-hydrogen) atoms. The van der Waals surface area contributed by atoms with Gasteiger partial charge in [-0.15, -0.1) is 0 Å². The van der Waals surface area contributed by atoms with Crippen LogP contribution in [0.2, 0.25) is 0 Å². The van der Waals surface area contributed by atoms with E-state index in [2.05, 4.69) is 20.8 Å². The van der Waals surface area contributed by atoms with Crippen LogP contribution in [0.5, 0.6) is 0 Å². The number of hydrogen-bond acceptors (Lipinski definition) is 2. The van der Waals surface area contributed by atoms with Gasteiger partial charge in [-0.3, -0.25) is 0 Å². The summed E-state index contributed by atoms with van der Waals surface area (Å²) in [6.07, 6.45) is 12.3. The topological polar surface area (TPSA) is 26.3 Å². The first-order valence-corrected chi connectivity index (χ1v) is 10.4. The second-order valence-electron chi connectivity index (χ2n) is 5.71. The largest absolute Gasteiger partial charge is 0.462 e. The fourth-order valence-corrected chi connectivity index (χ4v) is 8.24. The van der Waals surface area contributed by atoms with Crippen molar-refractivity contribution in [2.45, 2.75) is 65.7 Å². The molecule has 0 aromatic carbocycles. The molecule has 2 nitrogen and oxygen atoms in total. The van der Waals surface area contributed by atoms with E-state index < -0.39 is 6.89 Å². The van der Waals surface area contributed by atoms with Crippen molar-refractivity contribution in [3.8, 4) is 0 Å². The maximum Gasteiger partial charge on any atom is 0.334 e. The Hall–Kier alpha value is -0.230. The van der Waals surface area contributed by atoms with E-state index in [1.54, 1.807) is 0 Å². The molecule has 3 heteroatoms. The second-order valence-corrected chi connectivity index (χ2v) is 9.88. The number of cyclic esters (lactones) is 1. The van der Waals surface area contributed by atoms with Crippen LogP contribution in [0.1, 0.15) is 65.7 Å². The highest BCUT2D eigenvalue weighted by Gasteiger charge is 2.30. The summed E-state index contributed by atoms with van der Waals surface area (Å²) in [5, 5.41) is 1.22. The SMILES string of the molecule is CCCCP(CCCC)(CCCC)=C1CCOC1=O. The van der Waals surface area contributed by atoms with Crippen molar-refractivity contribution in [2.24, 2.45) is 0 Å². The fraction of sp³-hybridized carbons (Fsp3) is 0.875. The Morgan fingerprint density at radius 1 is 0.947 bits per heavy atom. The summed E-state index contributed by atoms with van der Waals surface area (Å²) in [7, 11) is 0. The summed E-state index contributed by atoms with van der Waals surface area (Å²) in [4.78, 5) is 12.1. The van der Waals surface area contributed by atoms with Crippen molar-refractivity contribution in [1.29, 1.82) is 0 Å². The standard InChI is InChI=1S/C16H31O2P/c1-4-7-12-19(13-8-5-2,14-9-6-3)15-10-11-18-16(15)17/h4-14H2,1-3H3. The van der Waals surface area contributed by atoms with Crippen LogP contribution < -0.4 is 0 Å². The number of rotatable bonds is 9. The van der Waals surface area contributed by atoms with Gasteiger partial charge in [0.2, 0.25) is 0 Å². The van der Waals surface area contributed by atoms with Gasteiger partial charge < -0.3 is 4.74 Å². The summed E-state index contributed by atoms with van der Waals surface area (Å²) in [5.41, 5.74) is 0. The summed E-state index contributed by atoms with van der Waals surface area (Å²) in [6, 6.07) is 0. The Morgan fingerprint density at radius 3 is 1.74 bits per heavy atom. The minimum atomic E-state index is -1.21. The molecule has 1 aliphatic rings. The zero-order chi connectivity index (χ0) is 14.1. The molecule has 0 bridgehead atoms. The summed E-state index contributed by atoms with van der Waals surface area (Å²) in [6.45, 7) is 6.20. The zero-order valence-electron chi connectivity index (χ0n) is 13.0. The highest BCUT2D eigenvalue weighted by atomic mass is 31.2. The average Bonchev–Trinajstić information content (AvgIpc) is 2.85. The monoisotopic (exact) mass is 286 g/mol. The molecular weight excluding hydrogens is 255 g/mol. The minimum Gasteiger partial charge on any atom is -0.462 e. The third kappa shape index (κ3) is 4.67. The van der Waals surface area contributed by atoms with Crippen LogP contribution >= 0.6 is 6.89 Å². The fourth-order valence-electron chi connectivity index (χ4n) is 2.98. The molecule has 1 rings (SSSR count). The van der Waals surface area contributed by atoms with E-state index in [4.69, 9.17) is 4.74 Å². The lowest BCUT2D eigenvalue weighted by molar-refractivity contribution is -0.132. The summed E-state index contributed by atoms with van der Waals surface area (Å²) in [5.74, 6) is 0.0524. The van der Waals surface area contributed by atoms with Gasteiger partial charge in [0.25, 0.3) is 0 Å². The first kappa shape index (κ1) is 16.8. The van der Waals surface area contributed by atoms with Crippen molar-refractivity contribution < 1.29 is 9.53 Å². The Kier molecular flexibility index (Phi) is 7.83. The molecule has 0 saturated carbocycles. The minimum absolute atomic E-state index is 0.0524. The molecule has 0 spiro atoms. The average molecular weight is 286 g/mol.